The van der Waals surface area contributed by atoms with E-state index in [-0.39, 0.29) is 24.5 Å². The van der Waals surface area contributed by atoms with Gasteiger partial charge >= 0.3 is 11.9 Å². The van der Waals surface area contributed by atoms with Gasteiger partial charge in [-0.3, -0.25) is 4.79 Å². The van der Waals surface area contributed by atoms with Gasteiger partial charge in [0, 0.05) is 18.4 Å². The fourth-order valence-electron chi connectivity index (χ4n) is 4.40. The Morgan fingerprint density at radius 2 is 1.55 bits per heavy atom. The summed E-state index contributed by atoms with van der Waals surface area (Å²) in [6.45, 7) is 16.8. The number of aliphatic hydroxyl groups is 1. The second-order valence-corrected chi connectivity index (χ2v) is 9.83. The molecule has 29 heavy (non-hydrogen) atoms. The van der Waals surface area contributed by atoms with Gasteiger partial charge in [-0.05, 0) is 41.9 Å². The van der Waals surface area contributed by atoms with Crippen molar-refractivity contribution in [2.75, 3.05) is 6.61 Å². The van der Waals surface area contributed by atoms with Crippen molar-refractivity contribution in [2.45, 2.75) is 86.9 Å². The van der Waals surface area contributed by atoms with Crippen molar-refractivity contribution in [3.63, 3.8) is 0 Å². The van der Waals surface area contributed by atoms with E-state index in [1.165, 1.54) is 0 Å². The van der Waals surface area contributed by atoms with Crippen molar-refractivity contribution in [1.29, 1.82) is 0 Å². The maximum absolute atomic E-state index is 12.4. The molecule has 1 rings (SSSR count). The molecule has 2 atom stereocenters. The smallest absolute Gasteiger partial charge is 0.334 e. The van der Waals surface area contributed by atoms with E-state index < -0.39 is 12.2 Å². The lowest BCUT2D eigenvalue weighted by Gasteiger charge is -2.26. The highest BCUT2D eigenvalue weighted by molar-refractivity contribution is 5.90. The maximum Gasteiger partial charge on any atom is 0.334 e. The van der Waals surface area contributed by atoms with Gasteiger partial charge in [0.2, 0.25) is 0 Å². The molecule has 1 aliphatic heterocycles. The number of hydrogen-bond donors (Lipinski definition) is 1. The number of cyclic esters (lactones) is 1. The van der Waals surface area contributed by atoms with Crippen LogP contribution in [0.5, 0.6) is 0 Å². The van der Waals surface area contributed by atoms with E-state index in [4.69, 9.17) is 9.47 Å². The summed E-state index contributed by atoms with van der Waals surface area (Å²) >= 11 is 0. The first kappa shape index (κ1) is 25.7. The third-order valence-corrected chi connectivity index (χ3v) is 6.28. The molecule has 0 amide bonds. The van der Waals surface area contributed by atoms with Gasteiger partial charge in [-0.25, -0.2) is 4.79 Å². The Hall–Kier alpha value is -1.36. The molecule has 0 aromatic carbocycles. The summed E-state index contributed by atoms with van der Waals surface area (Å²) in [6.07, 6.45) is 2.04. The van der Waals surface area contributed by atoms with Crippen molar-refractivity contribution in [1.82, 2.24) is 0 Å². The highest BCUT2D eigenvalue weighted by Gasteiger charge is 2.37. The lowest BCUT2D eigenvalue weighted by Crippen LogP contribution is -2.35. The lowest BCUT2D eigenvalue weighted by atomic mass is 9.82. The average Bonchev–Trinajstić information content (AvgIpc) is 2.97. The van der Waals surface area contributed by atoms with Gasteiger partial charge in [0.25, 0.3) is 0 Å². The van der Waals surface area contributed by atoms with E-state index in [2.05, 4.69) is 55.4 Å². The third-order valence-electron chi connectivity index (χ3n) is 6.28. The molecule has 5 heteroatoms. The van der Waals surface area contributed by atoms with E-state index in [1.54, 1.807) is 0 Å². The second kappa shape index (κ2) is 11.7. The van der Waals surface area contributed by atoms with Crippen LogP contribution in [0.4, 0.5) is 0 Å². The minimum Gasteiger partial charge on any atom is -0.456 e. The minimum absolute atomic E-state index is 0.215. The molecule has 5 nitrogen and oxygen atoms in total. The zero-order valence-electron chi connectivity index (χ0n) is 19.6. The zero-order chi connectivity index (χ0) is 22.3. The Labute approximate surface area is 177 Å². The molecule has 1 N–H and O–H groups in total. The minimum atomic E-state index is -0.816. The van der Waals surface area contributed by atoms with Crippen LogP contribution in [0, 0.1) is 35.5 Å². The summed E-state index contributed by atoms with van der Waals surface area (Å²) in [7, 11) is 0. The van der Waals surface area contributed by atoms with E-state index in [0.717, 1.165) is 6.42 Å². The largest absolute Gasteiger partial charge is 0.456 e. The molecule has 0 saturated carbocycles. The molecule has 0 unspecified atom stereocenters. The molecule has 0 spiro atoms. The molecule has 1 saturated heterocycles. The lowest BCUT2D eigenvalue weighted by molar-refractivity contribution is -0.165. The standard InChI is InChI=1S/C24H42O5/c1-14(2)19(15(3)4)10-9-18-11-21(29-24(18)27)22(13-25)28-23(26)12-20(16(5)6)17(7)8/h9,14-17,19-22,25H,10-13H2,1-8H3/b18-9+/t21-,22-/m0/s1. The number of aliphatic hydroxyl groups excluding tert-OH is 1. The number of carbonyl (C=O) groups is 2. The number of carbonyl (C=O) groups excluding carboxylic acids is 2. The molecule has 1 fully saturated rings. The van der Waals surface area contributed by atoms with Crippen LogP contribution < -0.4 is 0 Å². The quantitative estimate of drug-likeness (QED) is 0.392. The molecule has 0 aliphatic carbocycles. The first-order valence-electron chi connectivity index (χ1n) is 11.2. The topological polar surface area (TPSA) is 72.8 Å². The van der Waals surface area contributed by atoms with Crippen molar-refractivity contribution in [3.8, 4) is 0 Å². The third kappa shape index (κ3) is 7.76. The Morgan fingerprint density at radius 3 is 2.00 bits per heavy atom. The van der Waals surface area contributed by atoms with Crippen LogP contribution in [0.1, 0.15) is 74.7 Å². The molecule has 1 aliphatic rings. The predicted octanol–water partition coefficient (Wildman–Crippen LogP) is 4.77. The van der Waals surface area contributed by atoms with Crippen molar-refractivity contribution in [3.05, 3.63) is 11.6 Å². The highest BCUT2D eigenvalue weighted by Crippen LogP contribution is 2.30. The van der Waals surface area contributed by atoms with Gasteiger partial charge in [0.15, 0.2) is 6.10 Å². The average molecular weight is 411 g/mol. The Bertz CT molecular complexity index is 546. The first-order chi connectivity index (χ1) is 13.5. The van der Waals surface area contributed by atoms with Gasteiger partial charge in [-0.1, -0.05) is 61.5 Å². The molecule has 0 bridgehead atoms. The van der Waals surface area contributed by atoms with Gasteiger partial charge in [0.1, 0.15) is 6.10 Å². The van der Waals surface area contributed by atoms with Gasteiger partial charge < -0.3 is 14.6 Å². The summed E-state index contributed by atoms with van der Waals surface area (Å²) in [5.74, 6) is 1.79. The summed E-state index contributed by atoms with van der Waals surface area (Å²) < 4.78 is 11.0. The number of allylic oxidation sites excluding steroid dienone is 1. The number of hydrogen-bond acceptors (Lipinski definition) is 5. The van der Waals surface area contributed by atoms with Crippen LogP contribution in [-0.4, -0.2) is 35.9 Å². The predicted molar refractivity (Wildman–Crippen MR) is 115 cm³/mol. The van der Waals surface area contributed by atoms with Crippen LogP contribution in [-0.2, 0) is 19.1 Å². The van der Waals surface area contributed by atoms with E-state index >= 15 is 0 Å². The van der Waals surface area contributed by atoms with Gasteiger partial charge in [0.05, 0.1) is 6.61 Å². The van der Waals surface area contributed by atoms with Crippen LogP contribution >= 0.6 is 0 Å². The monoisotopic (exact) mass is 410 g/mol. The van der Waals surface area contributed by atoms with Gasteiger partial charge in [-0.2, -0.15) is 0 Å². The van der Waals surface area contributed by atoms with E-state index in [0.29, 0.717) is 48.0 Å². The Kier molecular flexibility index (Phi) is 10.4. The number of ether oxygens (including phenoxy) is 2. The molecule has 168 valence electrons. The molecular formula is C24H42O5. The number of esters is 2. The summed E-state index contributed by atoms with van der Waals surface area (Å²) in [5.41, 5.74) is 0.623. The number of rotatable bonds is 11. The maximum atomic E-state index is 12.4. The van der Waals surface area contributed by atoms with E-state index in [9.17, 15) is 14.7 Å². The first-order valence-corrected chi connectivity index (χ1v) is 11.2. The Balaban J connectivity index is 2.73. The van der Waals surface area contributed by atoms with Crippen LogP contribution in [0.3, 0.4) is 0 Å². The summed E-state index contributed by atoms with van der Waals surface area (Å²) in [5, 5.41) is 9.74. The summed E-state index contributed by atoms with van der Waals surface area (Å²) in [6, 6.07) is 0. The molecule has 0 aromatic heterocycles. The SMILES string of the molecule is CC(C)C(C/C=C1\C[C@@H]([C@H](CO)OC(=O)CC(C(C)C)C(C)C)OC1=O)C(C)C. The van der Waals surface area contributed by atoms with E-state index in [1.807, 2.05) is 6.08 Å². The molecule has 0 aromatic rings. The molecule has 1 heterocycles. The zero-order valence-corrected chi connectivity index (χ0v) is 19.6. The van der Waals surface area contributed by atoms with Gasteiger partial charge in [-0.15, -0.1) is 0 Å². The normalized spacial score (nSPS) is 20.0. The fraction of sp³-hybridized carbons (Fsp3) is 0.833. The molecule has 0 radical (unpaired) electrons. The van der Waals surface area contributed by atoms with Crippen molar-refractivity contribution in [2.24, 2.45) is 35.5 Å². The van der Waals surface area contributed by atoms with Crippen molar-refractivity contribution >= 4 is 11.9 Å². The molecular weight excluding hydrogens is 368 g/mol. The van der Waals surface area contributed by atoms with Crippen LogP contribution in [0.25, 0.3) is 0 Å². The van der Waals surface area contributed by atoms with Crippen LogP contribution in [0.2, 0.25) is 0 Å². The van der Waals surface area contributed by atoms with Crippen LogP contribution in [0.15, 0.2) is 11.6 Å². The summed E-state index contributed by atoms with van der Waals surface area (Å²) in [4.78, 5) is 24.7. The highest BCUT2D eigenvalue weighted by atomic mass is 16.6. The Morgan fingerprint density at radius 1 is 1.03 bits per heavy atom. The van der Waals surface area contributed by atoms with Crippen molar-refractivity contribution < 1.29 is 24.2 Å². The fourth-order valence-corrected chi connectivity index (χ4v) is 4.40. The second-order valence-electron chi connectivity index (χ2n) is 9.83.